The minimum atomic E-state index is -3.27. The van der Waals surface area contributed by atoms with Crippen molar-refractivity contribution in [2.75, 3.05) is 6.26 Å². The van der Waals surface area contributed by atoms with Gasteiger partial charge in [0.1, 0.15) is 6.29 Å². The van der Waals surface area contributed by atoms with Crippen LogP contribution in [0.15, 0.2) is 23.1 Å². The fourth-order valence-corrected chi connectivity index (χ4v) is 2.58. The van der Waals surface area contributed by atoms with Crippen LogP contribution in [0.3, 0.4) is 0 Å². The van der Waals surface area contributed by atoms with Crippen molar-refractivity contribution in [2.24, 2.45) is 0 Å². The quantitative estimate of drug-likeness (QED) is 0.763. The first-order chi connectivity index (χ1) is 6.95. The molecule has 0 spiro atoms. The molecule has 0 aliphatic rings. The van der Waals surface area contributed by atoms with Crippen LogP contribution in [0.2, 0.25) is 5.02 Å². The summed E-state index contributed by atoms with van der Waals surface area (Å²) >= 11 is 5.83. The smallest absolute Gasteiger partial charge is 0.176 e. The van der Waals surface area contributed by atoms with Crippen molar-refractivity contribution in [2.45, 2.75) is 17.7 Å². The standard InChI is InChI=1S/C10H11ClO3S/c1-15(13,14)10-5-4-8(3-2-6-12)7-9(10)11/h4-7H,2-3H2,1H3. The summed E-state index contributed by atoms with van der Waals surface area (Å²) in [6.07, 6.45) is 2.92. The lowest BCUT2D eigenvalue weighted by atomic mass is 10.1. The molecule has 3 nitrogen and oxygen atoms in total. The summed E-state index contributed by atoms with van der Waals surface area (Å²) in [5, 5.41) is 0.209. The van der Waals surface area contributed by atoms with Gasteiger partial charge in [0.2, 0.25) is 0 Å². The summed E-state index contributed by atoms with van der Waals surface area (Å²) in [4.78, 5) is 10.3. The Bertz CT molecular complexity index is 466. The molecular formula is C10H11ClO3S. The predicted octanol–water partition coefficient (Wildman–Crippen LogP) is 1.88. The number of hydrogen-bond donors (Lipinski definition) is 0. The van der Waals surface area contributed by atoms with Gasteiger partial charge in [-0.1, -0.05) is 17.7 Å². The van der Waals surface area contributed by atoms with Crippen molar-refractivity contribution in [3.63, 3.8) is 0 Å². The Kier molecular flexibility index (Phi) is 3.88. The van der Waals surface area contributed by atoms with E-state index in [2.05, 4.69) is 0 Å². The van der Waals surface area contributed by atoms with E-state index >= 15 is 0 Å². The lowest BCUT2D eigenvalue weighted by Crippen LogP contribution is -1.98. The minimum Gasteiger partial charge on any atom is -0.303 e. The van der Waals surface area contributed by atoms with Crippen molar-refractivity contribution in [3.05, 3.63) is 28.8 Å². The molecule has 15 heavy (non-hydrogen) atoms. The van der Waals surface area contributed by atoms with Gasteiger partial charge < -0.3 is 4.79 Å². The largest absolute Gasteiger partial charge is 0.303 e. The van der Waals surface area contributed by atoms with E-state index in [1.54, 1.807) is 12.1 Å². The van der Waals surface area contributed by atoms with Crippen molar-refractivity contribution in [3.8, 4) is 0 Å². The van der Waals surface area contributed by atoms with Crippen molar-refractivity contribution >= 4 is 27.7 Å². The average molecular weight is 247 g/mol. The molecule has 0 N–H and O–H groups in total. The maximum Gasteiger partial charge on any atom is 0.176 e. The molecule has 0 amide bonds. The zero-order valence-corrected chi connectivity index (χ0v) is 9.81. The Balaban J connectivity index is 3.04. The number of halogens is 1. The molecule has 0 saturated heterocycles. The van der Waals surface area contributed by atoms with Gasteiger partial charge in [0.25, 0.3) is 0 Å². The van der Waals surface area contributed by atoms with Crippen LogP contribution in [0.4, 0.5) is 0 Å². The molecule has 1 rings (SSSR count). The molecule has 0 saturated carbocycles. The number of rotatable bonds is 4. The number of carbonyl (C=O) groups is 1. The molecule has 0 aromatic heterocycles. The highest BCUT2D eigenvalue weighted by Crippen LogP contribution is 2.22. The third kappa shape index (κ3) is 3.32. The summed E-state index contributed by atoms with van der Waals surface area (Å²) in [5.41, 5.74) is 0.861. The SMILES string of the molecule is CS(=O)(=O)c1ccc(CCC=O)cc1Cl. The summed E-state index contributed by atoms with van der Waals surface area (Å²) < 4.78 is 22.5. The van der Waals surface area contributed by atoms with Crippen LogP contribution in [0.25, 0.3) is 0 Å². The zero-order chi connectivity index (χ0) is 11.5. The average Bonchev–Trinajstić information content (AvgIpc) is 2.12. The normalized spacial score (nSPS) is 11.3. The van der Waals surface area contributed by atoms with E-state index in [1.165, 1.54) is 6.07 Å². The molecule has 1 aromatic rings. The molecular weight excluding hydrogens is 236 g/mol. The molecule has 82 valence electrons. The van der Waals surface area contributed by atoms with E-state index in [9.17, 15) is 13.2 Å². The van der Waals surface area contributed by atoms with Crippen molar-refractivity contribution in [1.29, 1.82) is 0 Å². The Morgan fingerprint density at radius 1 is 1.40 bits per heavy atom. The predicted molar refractivity (Wildman–Crippen MR) is 58.9 cm³/mol. The molecule has 0 bridgehead atoms. The highest BCUT2D eigenvalue weighted by Gasteiger charge is 2.11. The van der Waals surface area contributed by atoms with E-state index in [4.69, 9.17) is 11.6 Å². The van der Waals surface area contributed by atoms with Gasteiger partial charge in [-0.05, 0) is 24.1 Å². The molecule has 0 unspecified atom stereocenters. The molecule has 5 heteroatoms. The van der Waals surface area contributed by atoms with Crippen LogP contribution in [0, 0.1) is 0 Å². The van der Waals surface area contributed by atoms with Crippen LogP contribution >= 0.6 is 11.6 Å². The van der Waals surface area contributed by atoms with Crippen LogP contribution in [-0.2, 0) is 21.1 Å². The lowest BCUT2D eigenvalue weighted by molar-refractivity contribution is -0.107. The fourth-order valence-electron chi connectivity index (χ4n) is 1.23. The Hall–Kier alpha value is -0.870. The van der Waals surface area contributed by atoms with E-state index in [1.807, 2.05) is 0 Å². The van der Waals surface area contributed by atoms with E-state index in [0.29, 0.717) is 12.8 Å². The maximum atomic E-state index is 11.2. The first-order valence-electron chi connectivity index (χ1n) is 4.37. The highest BCUT2D eigenvalue weighted by atomic mass is 35.5. The van der Waals surface area contributed by atoms with E-state index in [0.717, 1.165) is 18.1 Å². The summed E-state index contributed by atoms with van der Waals surface area (Å²) in [6.45, 7) is 0. The van der Waals surface area contributed by atoms with Crippen LogP contribution in [-0.4, -0.2) is 21.0 Å². The monoisotopic (exact) mass is 246 g/mol. The number of sulfone groups is 1. The van der Waals surface area contributed by atoms with Crippen molar-refractivity contribution in [1.82, 2.24) is 0 Å². The van der Waals surface area contributed by atoms with Gasteiger partial charge in [0.05, 0.1) is 9.92 Å². The summed E-state index contributed by atoms with van der Waals surface area (Å²) in [6, 6.07) is 4.73. The zero-order valence-electron chi connectivity index (χ0n) is 8.23. The lowest BCUT2D eigenvalue weighted by Gasteiger charge is -2.04. The molecule has 0 atom stereocenters. The Morgan fingerprint density at radius 2 is 2.07 bits per heavy atom. The van der Waals surface area contributed by atoms with Gasteiger partial charge in [0.15, 0.2) is 9.84 Å². The Labute approximate surface area is 94.0 Å². The van der Waals surface area contributed by atoms with Gasteiger partial charge in [-0.3, -0.25) is 0 Å². The van der Waals surface area contributed by atoms with Gasteiger partial charge in [-0.15, -0.1) is 0 Å². The second-order valence-electron chi connectivity index (χ2n) is 3.24. The molecule has 0 radical (unpaired) electrons. The molecule has 1 aromatic carbocycles. The topological polar surface area (TPSA) is 51.2 Å². The number of aldehydes is 1. The first-order valence-corrected chi connectivity index (χ1v) is 6.64. The van der Waals surface area contributed by atoms with Gasteiger partial charge in [-0.2, -0.15) is 0 Å². The highest BCUT2D eigenvalue weighted by molar-refractivity contribution is 7.90. The molecule has 0 fully saturated rings. The first kappa shape index (κ1) is 12.2. The van der Waals surface area contributed by atoms with Gasteiger partial charge >= 0.3 is 0 Å². The number of carbonyl (C=O) groups excluding carboxylic acids is 1. The van der Waals surface area contributed by atoms with Crippen molar-refractivity contribution < 1.29 is 13.2 Å². The summed E-state index contributed by atoms with van der Waals surface area (Å²) in [7, 11) is -3.27. The third-order valence-corrected chi connectivity index (χ3v) is 3.53. The van der Waals surface area contributed by atoms with E-state index in [-0.39, 0.29) is 9.92 Å². The fraction of sp³-hybridized carbons (Fsp3) is 0.300. The number of benzene rings is 1. The third-order valence-electron chi connectivity index (χ3n) is 1.95. The van der Waals surface area contributed by atoms with Gasteiger partial charge in [0, 0.05) is 12.7 Å². The van der Waals surface area contributed by atoms with Crippen LogP contribution in [0.1, 0.15) is 12.0 Å². The minimum absolute atomic E-state index is 0.124. The van der Waals surface area contributed by atoms with Crippen LogP contribution < -0.4 is 0 Å². The molecule has 0 aliphatic heterocycles. The number of hydrogen-bond acceptors (Lipinski definition) is 3. The van der Waals surface area contributed by atoms with Gasteiger partial charge in [-0.25, -0.2) is 8.42 Å². The maximum absolute atomic E-state index is 11.2. The molecule has 0 aliphatic carbocycles. The summed E-state index contributed by atoms with van der Waals surface area (Å²) in [5.74, 6) is 0. The van der Waals surface area contributed by atoms with Crippen LogP contribution in [0.5, 0.6) is 0 Å². The second kappa shape index (κ2) is 4.77. The van der Waals surface area contributed by atoms with E-state index < -0.39 is 9.84 Å². The molecule has 0 heterocycles. The number of aryl methyl sites for hydroxylation is 1. The second-order valence-corrected chi connectivity index (χ2v) is 5.63. The Morgan fingerprint density at radius 3 is 2.53 bits per heavy atom.